The van der Waals surface area contributed by atoms with Gasteiger partial charge in [0, 0.05) is 16.6 Å². The van der Waals surface area contributed by atoms with E-state index in [2.05, 4.69) is 28.3 Å². The Kier molecular flexibility index (Phi) is 5.12. The van der Waals surface area contributed by atoms with Gasteiger partial charge in [0.25, 0.3) is 0 Å². The molecular weight excluding hydrogens is 244 g/mol. The summed E-state index contributed by atoms with van der Waals surface area (Å²) in [6.07, 6.45) is 0.751. The fourth-order valence-corrected chi connectivity index (χ4v) is 2.92. The van der Waals surface area contributed by atoms with Gasteiger partial charge in [-0.15, -0.1) is 0 Å². The van der Waals surface area contributed by atoms with E-state index in [1.807, 2.05) is 33.9 Å². The first-order valence-electron chi connectivity index (χ1n) is 5.97. The molecule has 2 unspecified atom stereocenters. The van der Waals surface area contributed by atoms with E-state index in [-0.39, 0.29) is 5.25 Å². The van der Waals surface area contributed by atoms with Crippen molar-refractivity contribution in [1.82, 2.24) is 15.3 Å². The van der Waals surface area contributed by atoms with E-state index in [0.29, 0.717) is 0 Å². The number of hydrogen-bond acceptors (Lipinski definition) is 5. The molecule has 1 aromatic heterocycles. The van der Waals surface area contributed by atoms with E-state index in [9.17, 15) is 0 Å². The Bertz CT molecular complexity index is 435. The summed E-state index contributed by atoms with van der Waals surface area (Å²) in [5.74, 6) is 0. The molecule has 1 heterocycles. The molecule has 0 bridgehead atoms. The maximum Gasteiger partial charge on any atom is 0.188 e. The normalized spacial score (nSPS) is 15.8. The number of nitriles is 1. The van der Waals surface area contributed by atoms with Gasteiger partial charge in [-0.05, 0) is 40.3 Å². The van der Waals surface area contributed by atoms with Crippen LogP contribution in [0, 0.1) is 25.2 Å². The lowest BCUT2D eigenvalue weighted by atomic mass is 9.98. The highest BCUT2D eigenvalue weighted by Gasteiger charge is 2.25. The van der Waals surface area contributed by atoms with Gasteiger partial charge in [-0.1, -0.05) is 18.7 Å². The molecule has 5 heteroatoms. The summed E-state index contributed by atoms with van der Waals surface area (Å²) in [6, 6.07) is 4.26. The Morgan fingerprint density at radius 3 is 2.44 bits per heavy atom. The lowest BCUT2D eigenvalue weighted by Crippen LogP contribution is -2.40. The monoisotopic (exact) mass is 264 g/mol. The average Bonchev–Trinajstić information content (AvgIpc) is 2.27. The topological polar surface area (TPSA) is 61.6 Å². The number of nitrogens with one attached hydrogen (secondary N) is 1. The van der Waals surface area contributed by atoms with Crippen LogP contribution in [0.5, 0.6) is 0 Å². The molecule has 0 saturated heterocycles. The molecule has 1 aromatic rings. The van der Waals surface area contributed by atoms with Gasteiger partial charge < -0.3 is 5.32 Å². The van der Waals surface area contributed by atoms with Gasteiger partial charge in [-0.2, -0.15) is 5.26 Å². The number of hydrogen-bond donors (Lipinski definition) is 1. The van der Waals surface area contributed by atoms with Gasteiger partial charge in [0.2, 0.25) is 0 Å². The van der Waals surface area contributed by atoms with E-state index in [1.165, 1.54) is 0 Å². The van der Waals surface area contributed by atoms with Crippen LogP contribution in [0.2, 0.25) is 0 Å². The van der Waals surface area contributed by atoms with Crippen molar-refractivity contribution < 1.29 is 0 Å². The zero-order chi connectivity index (χ0) is 13.8. The Morgan fingerprint density at radius 2 is 2.00 bits per heavy atom. The molecule has 2 atom stereocenters. The highest BCUT2D eigenvalue weighted by molar-refractivity contribution is 7.99. The second-order valence-electron chi connectivity index (χ2n) is 4.76. The predicted octanol–water partition coefficient (Wildman–Crippen LogP) is 2.47. The summed E-state index contributed by atoms with van der Waals surface area (Å²) in [4.78, 5) is 8.81. The van der Waals surface area contributed by atoms with E-state index in [1.54, 1.807) is 11.8 Å². The fourth-order valence-electron chi connectivity index (χ4n) is 1.75. The van der Waals surface area contributed by atoms with Gasteiger partial charge in [0.15, 0.2) is 5.16 Å². The molecule has 98 valence electrons. The van der Waals surface area contributed by atoms with E-state index < -0.39 is 5.54 Å². The summed E-state index contributed by atoms with van der Waals surface area (Å²) in [5, 5.41) is 13.3. The molecule has 0 spiro atoms. The van der Waals surface area contributed by atoms with E-state index >= 15 is 0 Å². The first-order chi connectivity index (χ1) is 8.38. The molecule has 0 aliphatic heterocycles. The third kappa shape index (κ3) is 4.28. The van der Waals surface area contributed by atoms with Crippen molar-refractivity contribution in [2.75, 3.05) is 7.05 Å². The van der Waals surface area contributed by atoms with E-state index in [0.717, 1.165) is 23.0 Å². The van der Waals surface area contributed by atoms with Crippen molar-refractivity contribution in [3.63, 3.8) is 0 Å². The van der Waals surface area contributed by atoms with Crippen molar-refractivity contribution in [2.24, 2.45) is 0 Å². The molecule has 0 aliphatic carbocycles. The summed E-state index contributed by atoms with van der Waals surface area (Å²) in [5.41, 5.74) is 1.47. The maximum absolute atomic E-state index is 9.14. The Balaban J connectivity index is 2.70. The molecule has 0 aromatic carbocycles. The summed E-state index contributed by atoms with van der Waals surface area (Å²) < 4.78 is 0. The van der Waals surface area contributed by atoms with Gasteiger partial charge in [0.05, 0.1) is 6.07 Å². The fraction of sp³-hybridized carbons (Fsp3) is 0.615. The number of aryl methyl sites for hydroxylation is 2. The Labute approximate surface area is 113 Å². The molecule has 4 nitrogen and oxygen atoms in total. The summed E-state index contributed by atoms with van der Waals surface area (Å²) in [6.45, 7) is 7.94. The van der Waals surface area contributed by atoms with Crippen LogP contribution in [0.25, 0.3) is 0 Å². The molecule has 0 saturated carbocycles. The van der Waals surface area contributed by atoms with Crippen molar-refractivity contribution in [2.45, 2.75) is 50.1 Å². The van der Waals surface area contributed by atoms with Crippen molar-refractivity contribution in [1.29, 1.82) is 5.26 Å². The molecular formula is C13H20N4S. The molecule has 18 heavy (non-hydrogen) atoms. The molecule has 1 rings (SSSR count). The third-order valence-corrected chi connectivity index (χ3v) is 3.73. The standard InChI is InChI=1S/C13H20N4S/c1-9-6-10(2)17-12(16-9)18-11(3)7-13(4,8-14)15-5/h6,11,15H,7H2,1-5H3. The first kappa shape index (κ1) is 14.9. The van der Waals surface area contributed by atoms with Gasteiger partial charge >= 0.3 is 0 Å². The third-order valence-electron chi connectivity index (χ3n) is 2.76. The van der Waals surface area contributed by atoms with Crippen LogP contribution in [0.1, 0.15) is 31.7 Å². The molecule has 0 amide bonds. The van der Waals surface area contributed by atoms with Gasteiger partial charge in [0.1, 0.15) is 5.54 Å². The SMILES string of the molecule is CNC(C)(C#N)CC(C)Sc1nc(C)cc(C)n1. The lowest BCUT2D eigenvalue weighted by molar-refractivity contribution is 0.455. The largest absolute Gasteiger partial charge is 0.303 e. The van der Waals surface area contributed by atoms with Crippen LogP contribution >= 0.6 is 11.8 Å². The van der Waals surface area contributed by atoms with Crippen LogP contribution in [-0.2, 0) is 0 Å². The Morgan fingerprint density at radius 1 is 1.44 bits per heavy atom. The average molecular weight is 264 g/mol. The predicted molar refractivity (Wildman–Crippen MR) is 74.5 cm³/mol. The van der Waals surface area contributed by atoms with Crippen molar-refractivity contribution in [3.05, 3.63) is 17.5 Å². The van der Waals surface area contributed by atoms with Crippen molar-refractivity contribution in [3.8, 4) is 6.07 Å². The summed E-state index contributed by atoms with van der Waals surface area (Å²) >= 11 is 1.62. The minimum absolute atomic E-state index is 0.281. The van der Waals surface area contributed by atoms with Crippen molar-refractivity contribution >= 4 is 11.8 Å². The molecule has 1 N–H and O–H groups in total. The second-order valence-corrected chi connectivity index (χ2v) is 6.17. The molecule has 0 radical (unpaired) electrons. The van der Waals surface area contributed by atoms with Crippen LogP contribution in [0.4, 0.5) is 0 Å². The number of rotatable bonds is 5. The maximum atomic E-state index is 9.14. The van der Waals surface area contributed by atoms with Crippen LogP contribution < -0.4 is 5.32 Å². The lowest BCUT2D eigenvalue weighted by Gasteiger charge is -2.23. The number of nitrogens with zero attached hydrogens (tertiary/aromatic N) is 3. The minimum Gasteiger partial charge on any atom is -0.303 e. The Hall–Kier alpha value is -1.12. The molecule has 0 fully saturated rings. The van der Waals surface area contributed by atoms with Crippen LogP contribution in [-0.4, -0.2) is 27.8 Å². The number of thioether (sulfide) groups is 1. The smallest absolute Gasteiger partial charge is 0.188 e. The summed E-state index contributed by atoms with van der Waals surface area (Å²) in [7, 11) is 1.81. The minimum atomic E-state index is -0.495. The molecule has 0 aliphatic rings. The zero-order valence-electron chi connectivity index (χ0n) is 11.6. The van der Waals surface area contributed by atoms with Gasteiger partial charge in [-0.3, -0.25) is 0 Å². The highest BCUT2D eigenvalue weighted by Crippen LogP contribution is 2.26. The zero-order valence-corrected chi connectivity index (χ0v) is 12.4. The van der Waals surface area contributed by atoms with E-state index in [4.69, 9.17) is 5.26 Å². The second kappa shape index (κ2) is 6.17. The van der Waals surface area contributed by atoms with Crippen LogP contribution in [0.15, 0.2) is 11.2 Å². The quantitative estimate of drug-likeness (QED) is 0.654. The first-order valence-corrected chi connectivity index (χ1v) is 6.85. The van der Waals surface area contributed by atoms with Gasteiger partial charge in [-0.25, -0.2) is 9.97 Å². The van der Waals surface area contributed by atoms with Crippen LogP contribution in [0.3, 0.4) is 0 Å². The highest BCUT2D eigenvalue weighted by atomic mass is 32.2. The number of aromatic nitrogens is 2.